The smallest absolute Gasteiger partial charge is 0.262 e. The number of hydrogen-bond donors (Lipinski definition) is 0. The Labute approximate surface area is 134 Å². The number of hydrogen-bond acceptors (Lipinski definition) is 3. The van der Waals surface area contributed by atoms with E-state index in [-0.39, 0.29) is 5.91 Å². The zero-order valence-corrected chi connectivity index (χ0v) is 12.8. The lowest BCUT2D eigenvalue weighted by Crippen LogP contribution is -2.55. The van der Waals surface area contributed by atoms with Gasteiger partial charge >= 0.3 is 0 Å². The fourth-order valence-electron chi connectivity index (χ4n) is 2.98. The third kappa shape index (κ3) is 2.56. The molecule has 0 N–H and O–H groups in total. The van der Waals surface area contributed by atoms with Gasteiger partial charge in [0.15, 0.2) is 12.3 Å². The van der Waals surface area contributed by atoms with Crippen molar-refractivity contribution in [1.82, 2.24) is 4.90 Å². The highest BCUT2D eigenvalue weighted by Gasteiger charge is 2.42. The number of nitrogens with zero attached hydrogens (tertiary/aromatic N) is 1. The molecule has 0 radical (unpaired) electrons. The van der Waals surface area contributed by atoms with Gasteiger partial charge in [-0.2, -0.15) is 0 Å². The second-order valence-corrected chi connectivity index (χ2v) is 5.90. The summed E-state index contributed by atoms with van der Waals surface area (Å²) in [5.41, 5.74) is 4.33. The molecule has 1 amide bonds. The molecule has 4 heteroatoms. The number of rotatable bonds is 3. The maximum atomic E-state index is 12.4. The van der Waals surface area contributed by atoms with Crippen molar-refractivity contribution >= 4 is 5.91 Å². The van der Waals surface area contributed by atoms with E-state index in [0.717, 1.165) is 16.7 Å². The molecule has 2 unspecified atom stereocenters. The van der Waals surface area contributed by atoms with Crippen LogP contribution in [0.15, 0.2) is 66.2 Å². The van der Waals surface area contributed by atoms with Gasteiger partial charge in [-0.05, 0) is 35.3 Å². The fraction of sp³-hybridized carbons (Fsp3) is 0.211. The Bertz CT molecular complexity index is 752. The molecule has 3 aliphatic heterocycles. The van der Waals surface area contributed by atoms with E-state index in [1.807, 2.05) is 31.2 Å². The molecule has 4 nitrogen and oxygen atoms in total. The van der Waals surface area contributed by atoms with Crippen molar-refractivity contribution < 1.29 is 14.6 Å². The average Bonchev–Trinajstić information content (AvgIpc) is 2.59. The highest BCUT2D eigenvalue weighted by atomic mass is 17.2. The summed E-state index contributed by atoms with van der Waals surface area (Å²) in [5.74, 6) is -0.0339. The molecule has 0 aliphatic carbocycles. The van der Waals surface area contributed by atoms with Crippen LogP contribution in [-0.2, 0) is 21.1 Å². The molecule has 0 spiro atoms. The zero-order chi connectivity index (χ0) is 15.8. The van der Waals surface area contributed by atoms with Crippen LogP contribution in [0.3, 0.4) is 0 Å². The number of amides is 1. The van der Waals surface area contributed by atoms with Crippen LogP contribution in [0.4, 0.5) is 0 Å². The van der Waals surface area contributed by atoms with Gasteiger partial charge < -0.3 is 4.90 Å². The van der Waals surface area contributed by atoms with Crippen LogP contribution in [0.2, 0.25) is 0 Å². The van der Waals surface area contributed by atoms with E-state index in [2.05, 4.69) is 36.4 Å². The van der Waals surface area contributed by atoms with E-state index >= 15 is 0 Å². The first-order valence-corrected chi connectivity index (χ1v) is 7.68. The molecule has 2 atom stereocenters. The Hall–Kier alpha value is -2.43. The Morgan fingerprint density at radius 2 is 1.65 bits per heavy atom. The first-order valence-electron chi connectivity index (χ1n) is 7.68. The van der Waals surface area contributed by atoms with Crippen molar-refractivity contribution in [3.8, 4) is 11.1 Å². The van der Waals surface area contributed by atoms with Gasteiger partial charge in [-0.25, -0.2) is 9.78 Å². The first kappa shape index (κ1) is 14.2. The minimum Gasteiger partial charge on any atom is -0.304 e. The zero-order valence-electron chi connectivity index (χ0n) is 12.8. The van der Waals surface area contributed by atoms with Gasteiger partial charge in [0.2, 0.25) is 0 Å². The molecule has 5 rings (SSSR count). The third-order valence-electron chi connectivity index (χ3n) is 4.30. The first-order chi connectivity index (χ1) is 11.2. The molecular formula is C19H17NO3. The van der Waals surface area contributed by atoms with Gasteiger partial charge in [-0.3, -0.25) is 4.79 Å². The van der Waals surface area contributed by atoms with Gasteiger partial charge in [0.25, 0.3) is 5.91 Å². The summed E-state index contributed by atoms with van der Waals surface area (Å²) in [6.07, 6.45) is 0.915. The molecule has 1 fully saturated rings. The molecule has 23 heavy (non-hydrogen) atoms. The second kappa shape index (κ2) is 5.65. The van der Waals surface area contributed by atoms with Gasteiger partial charge in [-0.1, -0.05) is 54.6 Å². The summed E-state index contributed by atoms with van der Waals surface area (Å²) in [5, 5.41) is 0. The third-order valence-corrected chi connectivity index (χ3v) is 4.30. The average molecular weight is 307 g/mol. The SMILES string of the molecule is CC1=CC2OOC1C(=O)N2Cc1ccc(-c2ccccc2)cc1. The van der Waals surface area contributed by atoms with Crippen LogP contribution in [0, 0.1) is 0 Å². The largest absolute Gasteiger partial charge is 0.304 e. The van der Waals surface area contributed by atoms with E-state index in [1.54, 1.807) is 4.90 Å². The molecule has 116 valence electrons. The summed E-state index contributed by atoms with van der Waals surface area (Å²) in [6, 6.07) is 18.5. The van der Waals surface area contributed by atoms with Crippen molar-refractivity contribution in [2.24, 2.45) is 0 Å². The van der Waals surface area contributed by atoms with Crippen LogP contribution >= 0.6 is 0 Å². The lowest BCUT2D eigenvalue weighted by atomic mass is 10.0. The van der Waals surface area contributed by atoms with Gasteiger partial charge in [0.05, 0.1) is 0 Å². The molecular weight excluding hydrogens is 290 g/mol. The minimum atomic E-state index is -0.594. The highest BCUT2D eigenvalue weighted by Crippen LogP contribution is 2.29. The Morgan fingerprint density at radius 1 is 0.957 bits per heavy atom. The van der Waals surface area contributed by atoms with Gasteiger partial charge in [0.1, 0.15) is 0 Å². The maximum Gasteiger partial charge on any atom is 0.262 e. The minimum absolute atomic E-state index is 0.0339. The summed E-state index contributed by atoms with van der Waals surface area (Å²) in [7, 11) is 0. The summed E-state index contributed by atoms with van der Waals surface area (Å²) >= 11 is 0. The lowest BCUT2D eigenvalue weighted by Gasteiger charge is -2.41. The number of fused-ring (bicyclic) bond motifs is 2. The predicted molar refractivity (Wildman–Crippen MR) is 85.9 cm³/mol. The number of carbonyl (C=O) groups is 1. The Morgan fingerprint density at radius 3 is 2.30 bits per heavy atom. The van der Waals surface area contributed by atoms with E-state index < -0.39 is 12.3 Å². The predicted octanol–water partition coefficient (Wildman–Crippen LogP) is 3.30. The second-order valence-electron chi connectivity index (χ2n) is 5.90. The van der Waals surface area contributed by atoms with Crippen LogP contribution in [-0.4, -0.2) is 23.1 Å². The molecule has 0 saturated carbocycles. The molecule has 3 aliphatic rings. The monoisotopic (exact) mass is 307 g/mol. The van der Waals surface area contributed by atoms with E-state index in [1.165, 1.54) is 5.56 Å². The van der Waals surface area contributed by atoms with Crippen LogP contribution in [0.25, 0.3) is 11.1 Å². The molecule has 1 saturated heterocycles. The van der Waals surface area contributed by atoms with Crippen LogP contribution in [0.5, 0.6) is 0 Å². The fourth-order valence-corrected chi connectivity index (χ4v) is 2.98. The van der Waals surface area contributed by atoms with Crippen molar-refractivity contribution in [3.63, 3.8) is 0 Å². The number of carbonyl (C=O) groups excluding carboxylic acids is 1. The molecule has 3 heterocycles. The maximum absolute atomic E-state index is 12.4. The van der Waals surface area contributed by atoms with E-state index in [0.29, 0.717) is 6.54 Å². The van der Waals surface area contributed by atoms with Crippen molar-refractivity contribution in [2.45, 2.75) is 25.8 Å². The standard InChI is InChI=1S/C19H17NO3/c1-13-11-17-20(19(21)18(13)23-22-17)12-14-7-9-16(10-8-14)15-5-3-2-4-6-15/h2-11,17-18H,12H2,1H3. The lowest BCUT2D eigenvalue weighted by molar-refractivity contribution is -0.378. The summed E-state index contributed by atoms with van der Waals surface area (Å²) < 4.78 is 0. The van der Waals surface area contributed by atoms with Crippen LogP contribution < -0.4 is 0 Å². The molecule has 0 aromatic heterocycles. The van der Waals surface area contributed by atoms with E-state index in [4.69, 9.17) is 9.78 Å². The normalized spacial score (nSPS) is 23.1. The number of benzene rings is 2. The molecule has 2 aromatic rings. The van der Waals surface area contributed by atoms with Crippen molar-refractivity contribution in [2.75, 3.05) is 0 Å². The van der Waals surface area contributed by atoms with Crippen molar-refractivity contribution in [1.29, 1.82) is 0 Å². The molecule has 2 aromatic carbocycles. The Balaban J connectivity index is 1.53. The van der Waals surface area contributed by atoms with E-state index in [9.17, 15) is 4.79 Å². The quantitative estimate of drug-likeness (QED) is 0.645. The highest BCUT2D eigenvalue weighted by molar-refractivity contribution is 5.86. The van der Waals surface area contributed by atoms with Gasteiger partial charge in [-0.15, -0.1) is 0 Å². The van der Waals surface area contributed by atoms with Crippen molar-refractivity contribution in [3.05, 3.63) is 71.8 Å². The molecule has 2 bridgehead atoms. The van der Waals surface area contributed by atoms with Gasteiger partial charge in [0, 0.05) is 6.54 Å². The topological polar surface area (TPSA) is 38.8 Å². The van der Waals surface area contributed by atoms with Crippen LogP contribution in [0.1, 0.15) is 12.5 Å². The summed E-state index contributed by atoms with van der Waals surface area (Å²) in [4.78, 5) is 24.4. The summed E-state index contributed by atoms with van der Waals surface area (Å²) in [6.45, 7) is 2.41. The Kier molecular flexibility index (Phi) is 3.48.